The molecule has 0 saturated heterocycles. The molecule has 0 aromatic carbocycles. The Morgan fingerprint density at radius 1 is 0.345 bits per heavy atom. The Morgan fingerprint density at radius 2 is 0.638 bits per heavy atom. The molecule has 0 aliphatic carbocycles. The van der Waals surface area contributed by atoms with E-state index in [9.17, 15) is 9.59 Å². The van der Waals surface area contributed by atoms with E-state index in [0.717, 1.165) is 83.8 Å². The first-order valence-corrected chi connectivity index (χ1v) is 24.9. The molecular formula is C49H97NO8. The summed E-state index contributed by atoms with van der Waals surface area (Å²) in [5.74, 6) is -0.251. The minimum Gasteiger partial charge on any atom is -0.457 e. The van der Waals surface area contributed by atoms with Gasteiger partial charge in [0.05, 0.1) is 26.4 Å². The molecule has 0 fully saturated rings. The number of hydrogen-bond donors (Lipinski definition) is 0. The number of esters is 2. The highest BCUT2D eigenvalue weighted by Crippen LogP contribution is 2.13. The highest BCUT2D eigenvalue weighted by atomic mass is 16.6. The van der Waals surface area contributed by atoms with Gasteiger partial charge in [0.1, 0.15) is 12.2 Å². The van der Waals surface area contributed by atoms with Gasteiger partial charge in [-0.25, -0.2) is 0 Å². The molecule has 9 nitrogen and oxygen atoms in total. The molecule has 346 valence electrons. The third kappa shape index (κ3) is 41.5. The summed E-state index contributed by atoms with van der Waals surface area (Å²) in [6, 6.07) is 0. The predicted octanol–water partition coefficient (Wildman–Crippen LogP) is 12.6. The Bertz CT molecular complexity index is 749. The lowest BCUT2D eigenvalue weighted by Gasteiger charge is -2.21. The molecule has 0 unspecified atom stereocenters. The molecule has 0 aliphatic rings. The number of unbranched alkanes of at least 4 members (excludes halogenated alkanes) is 20. The first-order valence-electron chi connectivity index (χ1n) is 24.9. The van der Waals surface area contributed by atoms with Crippen LogP contribution in [0.25, 0.3) is 0 Å². The van der Waals surface area contributed by atoms with Gasteiger partial charge in [-0.1, -0.05) is 150 Å². The summed E-state index contributed by atoms with van der Waals surface area (Å²) in [5, 5.41) is 0. The van der Waals surface area contributed by atoms with Gasteiger partial charge in [0.25, 0.3) is 0 Å². The topological polar surface area (TPSA) is 92.8 Å². The maximum atomic E-state index is 12.7. The van der Waals surface area contributed by atoms with Gasteiger partial charge < -0.3 is 33.3 Å². The van der Waals surface area contributed by atoms with Gasteiger partial charge in [0, 0.05) is 39.3 Å². The highest BCUT2D eigenvalue weighted by Gasteiger charge is 2.17. The third-order valence-corrected chi connectivity index (χ3v) is 10.6. The van der Waals surface area contributed by atoms with Crippen LogP contribution in [0.3, 0.4) is 0 Å². The molecule has 0 aromatic heterocycles. The molecular weight excluding hydrogens is 731 g/mol. The van der Waals surface area contributed by atoms with Crippen molar-refractivity contribution >= 4 is 11.9 Å². The molecule has 0 amide bonds. The van der Waals surface area contributed by atoms with Crippen LogP contribution in [0, 0.1) is 0 Å². The van der Waals surface area contributed by atoms with E-state index >= 15 is 0 Å². The van der Waals surface area contributed by atoms with Crippen LogP contribution in [-0.2, 0) is 38.0 Å². The second-order valence-corrected chi connectivity index (χ2v) is 16.6. The molecule has 0 bridgehead atoms. The number of rotatable bonds is 48. The standard InChI is InChI=1S/C49H97NO8/c1-6-11-15-29-38-53-42-46(43-54-39-30-16-12-7-2)57-48(51)33-25-21-19-23-27-36-50(35-10-5)37-28-24-20-22-26-34-49(52)58-47(44-55-40-31-17-13-8-3)45-56-41-32-18-14-9-4/h46-47H,6-45H2,1-5H3. The largest absolute Gasteiger partial charge is 0.457 e. The lowest BCUT2D eigenvalue weighted by molar-refractivity contribution is -0.157. The smallest absolute Gasteiger partial charge is 0.306 e. The molecule has 0 radical (unpaired) electrons. The molecule has 0 rings (SSSR count). The van der Waals surface area contributed by atoms with E-state index in [2.05, 4.69) is 39.5 Å². The van der Waals surface area contributed by atoms with Gasteiger partial charge in [-0.05, 0) is 77.4 Å². The lowest BCUT2D eigenvalue weighted by Crippen LogP contribution is -2.29. The lowest BCUT2D eigenvalue weighted by atomic mass is 10.1. The van der Waals surface area contributed by atoms with Gasteiger partial charge in [-0.15, -0.1) is 0 Å². The molecule has 0 N–H and O–H groups in total. The van der Waals surface area contributed by atoms with Crippen molar-refractivity contribution in [2.24, 2.45) is 0 Å². The SMILES string of the molecule is CCCCCCOCC(COCCCCCC)OC(=O)CCCCCCCN(CCC)CCCCCCCC(=O)OC(COCCCCCC)COCCCCCC. The van der Waals surface area contributed by atoms with Crippen LogP contribution in [0.2, 0.25) is 0 Å². The molecule has 0 heterocycles. The van der Waals surface area contributed by atoms with Crippen LogP contribution in [0.1, 0.15) is 221 Å². The Hall–Kier alpha value is -1.26. The van der Waals surface area contributed by atoms with Crippen LogP contribution in [-0.4, -0.2) is 102 Å². The summed E-state index contributed by atoms with van der Waals surface area (Å²) in [6.45, 7) is 19.1. The molecule has 0 atom stereocenters. The van der Waals surface area contributed by atoms with Gasteiger partial charge in [0.2, 0.25) is 0 Å². The minimum atomic E-state index is -0.318. The number of hydrogen-bond acceptors (Lipinski definition) is 9. The molecule has 9 heteroatoms. The van der Waals surface area contributed by atoms with E-state index in [1.165, 1.54) is 109 Å². The summed E-state index contributed by atoms with van der Waals surface area (Å²) in [7, 11) is 0. The number of nitrogens with zero attached hydrogens (tertiary/aromatic N) is 1. The molecule has 0 saturated carbocycles. The van der Waals surface area contributed by atoms with E-state index in [0.29, 0.717) is 65.7 Å². The average molecular weight is 828 g/mol. The van der Waals surface area contributed by atoms with Crippen molar-refractivity contribution in [1.82, 2.24) is 4.90 Å². The zero-order valence-electron chi connectivity index (χ0n) is 39.2. The summed E-state index contributed by atoms with van der Waals surface area (Å²) in [4.78, 5) is 27.9. The maximum Gasteiger partial charge on any atom is 0.306 e. The Morgan fingerprint density at radius 3 is 0.948 bits per heavy atom. The van der Waals surface area contributed by atoms with Crippen LogP contribution in [0.4, 0.5) is 0 Å². The molecule has 58 heavy (non-hydrogen) atoms. The molecule has 0 aliphatic heterocycles. The number of ether oxygens (including phenoxy) is 6. The van der Waals surface area contributed by atoms with Crippen molar-refractivity contribution in [3.8, 4) is 0 Å². The minimum absolute atomic E-state index is 0.125. The molecule has 0 aromatic rings. The second kappa shape index (κ2) is 46.8. The van der Waals surface area contributed by atoms with Crippen molar-refractivity contribution in [3.05, 3.63) is 0 Å². The zero-order chi connectivity index (χ0) is 42.4. The number of carbonyl (C=O) groups is 2. The highest BCUT2D eigenvalue weighted by molar-refractivity contribution is 5.69. The van der Waals surface area contributed by atoms with Crippen LogP contribution < -0.4 is 0 Å². The van der Waals surface area contributed by atoms with Crippen molar-refractivity contribution in [2.45, 2.75) is 233 Å². The first-order chi connectivity index (χ1) is 28.5. The Labute approximate surface area is 359 Å². The normalized spacial score (nSPS) is 11.7. The zero-order valence-corrected chi connectivity index (χ0v) is 39.2. The van der Waals surface area contributed by atoms with Gasteiger partial charge in [-0.2, -0.15) is 0 Å². The average Bonchev–Trinajstić information content (AvgIpc) is 3.21. The van der Waals surface area contributed by atoms with Crippen molar-refractivity contribution in [3.63, 3.8) is 0 Å². The van der Waals surface area contributed by atoms with Crippen LogP contribution >= 0.6 is 0 Å². The second-order valence-electron chi connectivity index (χ2n) is 16.6. The van der Waals surface area contributed by atoms with Crippen LogP contribution in [0.15, 0.2) is 0 Å². The van der Waals surface area contributed by atoms with Crippen molar-refractivity contribution in [2.75, 3.05) is 72.5 Å². The van der Waals surface area contributed by atoms with E-state index < -0.39 is 0 Å². The summed E-state index contributed by atoms with van der Waals surface area (Å²) < 4.78 is 35.1. The van der Waals surface area contributed by atoms with Crippen LogP contribution in [0.5, 0.6) is 0 Å². The van der Waals surface area contributed by atoms with Crippen molar-refractivity contribution < 1.29 is 38.0 Å². The van der Waals surface area contributed by atoms with E-state index in [1.54, 1.807) is 0 Å². The van der Waals surface area contributed by atoms with Gasteiger partial charge >= 0.3 is 11.9 Å². The van der Waals surface area contributed by atoms with Gasteiger partial charge in [-0.3, -0.25) is 9.59 Å². The van der Waals surface area contributed by atoms with E-state index in [1.807, 2.05) is 0 Å². The summed E-state index contributed by atoms with van der Waals surface area (Å²) >= 11 is 0. The fourth-order valence-electron chi connectivity index (χ4n) is 7.03. The van der Waals surface area contributed by atoms with E-state index in [-0.39, 0.29) is 24.1 Å². The Kier molecular flexibility index (Phi) is 45.8. The van der Waals surface area contributed by atoms with Crippen molar-refractivity contribution in [1.29, 1.82) is 0 Å². The monoisotopic (exact) mass is 828 g/mol. The predicted molar refractivity (Wildman–Crippen MR) is 242 cm³/mol. The quantitative estimate of drug-likeness (QED) is 0.0439. The third-order valence-electron chi connectivity index (χ3n) is 10.6. The summed E-state index contributed by atoms with van der Waals surface area (Å²) in [6.07, 6.45) is 31.2. The van der Waals surface area contributed by atoms with Gasteiger partial charge in [0.15, 0.2) is 0 Å². The Balaban J connectivity index is 4.21. The summed E-state index contributed by atoms with van der Waals surface area (Å²) in [5.41, 5.74) is 0. The molecule has 0 spiro atoms. The maximum absolute atomic E-state index is 12.7. The number of carbonyl (C=O) groups excluding carboxylic acids is 2. The fourth-order valence-corrected chi connectivity index (χ4v) is 7.03. The fraction of sp³-hybridized carbons (Fsp3) is 0.959. The van der Waals surface area contributed by atoms with E-state index in [4.69, 9.17) is 28.4 Å². The first kappa shape index (κ1) is 56.7.